The first-order valence-electron chi connectivity index (χ1n) is 11.6. The molecule has 0 spiro atoms. The van der Waals surface area contributed by atoms with E-state index in [0.717, 1.165) is 40.6 Å². The largest absolute Gasteiger partial charge is 0.393 e. The molecule has 0 aliphatic heterocycles. The predicted molar refractivity (Wildman–Crippen MR) is 134 cm³/mol. The molecule has 8 heteroatoms. The molecule has 1 aliphatic carbocycles. The molecule has 172 valence electrons. The first-order valence-corrected chi connectivity index (χ1v) is 11.6. The van der Waals surface area contributed by atoms with E-state index in [4.69, 9.17) is 10.4 Å². The van der Waals surface area contributed by atoms with Gasteiger partial charge < -0.3 is 16.0 Å². The van der Waals surface area contributed by atoms with Crippen molar-refractivity contribution in [1.29, 1.82) is 5.41 Å². The fourth-order valence-electron chi connectivity index (χ4n) is 4.09. The number of anilines is 2. The summed E-state index contributed by atoms with van der Waals surface area (Å²) in [6.45, 7) is 4.25. The van der Waals surface area contributed by atoms with Gasteiger partial charge in [-0.1, -0.05) is 33.1 Å². The van der Waals surface area contributed by atoms with Crippen LogP contribution in [0.15, 0.2) is 42.9 Å². The van der Waals surface area contributed by atoms with Gasteiger partial charge >= 0.3 is 0 Å². The van der Waals surface area contributed by atoms with E-state index >= 15 is 0 Å². The minimum atomic E-state index is 0.358. The average molecular weight is 445 g/mol. The van der Waals surface area contributed by atoms with Crippen molar-refractivity contribution in [2.24, 2.45) is 0 Å². The van der Waals surface area contributed by atoms with Crippen LogP contribution in [0.5, 0.6) is 0 Å². The monoisotopic (exact) mass is 444 g/mol. The van der Waals surface area contributed by atoms with Crippen LogP contribution < -0.4 is 16.0 Å². The summed E-state index contributed by atoms with van der Waals surface area (Å²) in [5, 5.41) is 26.7. The summed E-state index contributed by atoms with van der Waals surface area (Å²) in [7, 11) is 1.84. The zero-order valence-electron chi connectivity index (χ0n) is 19.5. The van der Waals surface area contributed by atoms with Crippen LogP contribution >= 0.6 is 0 Å². The third kappa shape index (κ3) is 5.63. The maximum atomic E-state index is 8.68. The van der Waals surface area contributed by atoms with Crippen molar-refractivity contribution >= 4 is 34.1 Å². The van der Waals surface area contributed by atoms with Gasteiger partial charge in [-0.3, -0.25) is 10.4 Å². The van der Waals surface area contributed by atoms with Crippen molar-refractivity contribution in [2.45, 2.75) is 57.9 Å². The van der Waals surface area contributed by atoms with Gasteiger partial charge in [-0.15, -0.1) is 5.10 Å². The molecule has 0 atom stereocenters. The number of amidine groups is 1. The summed E-state index contributed by atoms with van der Waals surface area (Å²) >= 11 is 0. The second-order valence-corrected chi connectivity index (χ2v) is 8.81. The Balaban J connectivity index is 1.58. The summed E-state index contributed by atoms with van der Waals surface area (Å²) in [5.41, 5.74) is 4.27. The van der Waals surface area contributed by atoms with Crippen LogP contribution in [0.1, 0.15) is 63.0 Å². The molecule has 3 aromatic rings. The highest BCUT2D eigenvalue weighted by atomic mass is 15.2. The lowest BCUT2D eigenvalue weighted by molar-refractivity contribution is 0.414. The Labute approximate surface area is 194 Å². The van der Waals surface area contributed by atoms with Gasteiger partial charge in [0.05, 0.1) is 17.2 Å². The van der Waals surface area contributed by atoms with E-state index in [1.165, 1.54) is 19.3 Å². The van der Waals surface area contributed by atoms with Crippen LogP contribution in [-0.2, 0) is 0 Å². The minimum absolute atomic E-state index is 0.358. The lowest BCUT2D eigenvalue weighted by Crippen LogP contribution is -2.36. The molecule has 0 amide bonds. The summed E-state index contributed by atoms with van der Waals surface area (Å²) in [6, 6.07) is 8.14. The Bertz CT molecular complexity index is 1150. The van der Waals surface area contributed by atoms with Crippen molar-refractivity contribution in [2.75, 3.05) is 12.4 Å². The van der Waals surface area contributed by atoms with E-state index in [1.807, 2.05) is 37.5 Å². The number of nitrogens with zero attached hydrogens (tertiary/aromatic N) is 4. The Kier molecular flexibility index (Phi) is 7.12. The van der Waals surface area contributed by atoms with Crippen LogP contribution in [0.25, 0.3) is 16.6 Å². The molecule has 8 nitrogen and oxygen atoms in total. The smallest absolute Gasteiger partial charge is 0.154 e. The maximum Gasteiger partial charge on any atom is 0.154 e. The van der Waals surface area contributed by atoms with Crippen LogP contribution in [-0.4, -0.2) is 39.1 Å². The topological polar surface area (TPSA) is 112 Å². The summed E-state index contributed by atoms with van der Waals surface area (Å²) in [4.78, 5) is 9.33. The average Bonchev–Trinajstić information content (AvgIpc) is 2.83. The third-order valence-electron chi connectivity index (χ3n) is 5.96. The molecule has 0 saturated heterocycles. The lowest BCUT2D eigenvalue weighted by atomic mass is 9.95. The van der Waals surface area contributed by atoms with E-state index in [1.54, 1.807) is 12.4 Å². The van der Waals surface area contributed by atoms with Crippen LogP contribution in [0.4, 0.5) is 11.6 Å². The predicted octanol–water partition coefficient (Wildman–Crippen LogP) is 4.75. The molecule has 4 N–H and O–H groups in total. The molecule has 1 fully saturated rings. The Morgan fingerprint density at radius 2 is 1.88 bits per heavy atom. The second kappa shape index (κ2) is 10.4. The van der Waals surface area contributed by atoms with Gasteiger partial charge in [0.15, 0.2) is 5.82 Å². The maximum absolute atomic E-state index is 8.68. The van der Waals surface area contributed by atoms with E-state index in [-0.39, 0.29) is 0 Å². The zero-order valence-corrected chi connectivity index (χ0v) is 19.5. The van der Waals surface area contributed by atoms with Crippen LogP contribution in [0.2, 0.25) is 0 Å². The van der Waals surface area contributed by atoms with Crippen molar-refractivity contribution in [3.63, 3.8) is 0 Å². The molecule has 0 bridgehead atoms. The minimum Gasteiger partial charge on any atom is -0.393 e. The fourth-order valence-corrected chi connectivity index (χ4v) is 4.09. The molecular formula is C25H32N8. The molecule has 0 aromatic carbocycles. The lowest BCUT2D eigenvalue weighted by Gasteiger charge is -2.25. The van der Waals surface area contributed by atoms with Crippen molar-refractivity contribution in [1.82, 2.24) is 30.8 Å². The van der Waals surface area contributed by atoms with E-state index < -0.39 is 0 Å². The number of pyridine rings is 2. The van der Waals surface area contributed by atoms with E-state index in [9.17, 15) is 0 Å². The normalized spacial score (nSPS) is 15.0. The molecule has 1 aliphatic rings. The Morgan fingerprint density at radius 3 is 2.64 bits per heavy atom. The number of aromatic nitrogens is 4. The fraction of sp³-hybridized carbons (Fsp3) is 0.400. The van der Waals surface area contributed by atoms with Gasteiger partial charge in [0, 0.05) is 36.6 Å². The van der Waals surface area contributed by atoms with Gasteiger partial charge in [-0.2, -0.15) is 5.10 Å². The molecule has 33 heavy (non-hydrogen) atoms. The number of rotatable bonds is 7. The molecule has 4 rings (SSSR count). The highest BCUT2D eigenvalue weighted by Gasteiger charge is 2.17. The summed E-state index contributed by atoms with van der Waals surface area (Å²) < 4.78 is 0. The van der Waals surface area contributed by atoms with Gasteiger partial charge in [0.2, 0.25) is 0 Å². The summed E-state index contributed by atoms with van der Waals surface area (Å²) in [5.74, 6) is 2.11. The highest BCUT2D eigenvalue weighted by molar-refractivity contribution is 6.21. The number of hydrogen-bond acceptors (Lipinski definition) is 7. The number of fused-ring (bicyclic) bond motifs is 1. The Morgan fingerprint density at radius 1 is 1.06 bits per heavy atom. The molecule has 3 heterocycles. The summed E-state index contributed by atoms with van der Waals surface area (Å²) in [6.07, 6.45) is 11.4. The van der Waals surface area contributed by atoms with Gasteiger partial charge in [-0.05, 0) is 48.6 Å². The van der Waals surface area contributed by atoms with Crippen molar-refractivity contribution in [3.05, 3.63) is 54.0 Å². The van der Waals surface area contributed by atoms with E-state index in [2.05, 4.69) is 45.0 Å². The zero-order chi connectivity index (χ0) is 23.2. The van der Waals surface area contributed by atoms with Crippen LogP contribution in [0, 0.1) is 5.41 Å². The van der Waals surface area contributed by atoms with Gasteiger partial charge in [-0.25, -0.2) is 4.98 Å². The van der Waals surface area contributed by atoms with Crippen molar-refractivity contribution < 1.29 is 0 Å². The first kappa shape index (κ1) is 22.6. The number of nitrogens with one attached hydrogen (secondary N) is 4. The number of hydrogen-bond donors (Lipinski definition) is 4. The van der Waals surface area contributed by atoms with Gasteiger partial charge in [0.25, 0.3) is 0 Å². The standard InChI is InChI=1S/C25H32N8/c1-16(2)17-12-24(33-29-14-17)32-23-10-9-21-22(31-23)11-18(13-28-21)20(15-27-3)25(26)30-19-7-5-4-6-8-19/h9-16,19,27H,4-8H2,1-3H3,(H2,26,30)(H,31,32,33)/b20-15-. The SMILES string of the molecule is CN/C=C(\C(=N)NC1CCCCC1)c1cnc2ccc(Nc3cc(C(C)C)cnn3)nc2c1. The highest BCUT2D eigenvalue weighted by Crippen LogP contribution is 2.23. The molecular weight excluding hydrogens is 412 g/mol. The molecule has 1 saturated carbocycles. The quantitative estimate of drug-likeness (QED) is 0.307. The van der Waals surface area contributed by atoms with E-state index in [0.29, 0.717) is 29.4 Å². The second-order valence-electron chi connectivity index (χ2n) is 8.81. The Hall–Kier alpha value is -3.55. The molecule has 3 aromatic heterocycles. The van der Waals surface area contributed by atoms with Gasteiger partial charge in [0.1, 0.15) is 11.7 Å². The van der Waals surface area contributed by atoms with Crippen molar-refractivity contribution in [3.8, 4) is 0 Å². The molecule has 0 radical (unpaired) electrons. The van der Waals surface area contributed by atoms with Crippen LogP contribution in [0.3, 0.4) is 0 Å². The third-order valence-corrected chi connectivity index (χ3v) is 5.96. The molecule has 0 unspecified atom stereocenters. The first-order chi connectivity index (χ1) is 16.0.